The van der Waals surface area contributed by atoms with Crippen molar-refractivity contribution in [2.24, 2.45) is 0 Å². The fourth-order valence-electron chi connectivity index (χ4n) is 3.79. The van der Waals surface area contributed by atoms with E-state index in [2.05, 4.69) is 22.0 Å². The molecule has 1 aliphatic rings. The molecule has 1 heterocycles. The standard InChI is InChI=1S/C20H24N4O2/c25-19(23-26)14-10-12-15(13-11-14)21-20-22-17-8-4-5-9-18(17)24(20)16-6-2-1-3-7-16/h4-5,8-13,16,19,23,25-26H,1-3,6-7H2,(H,21,22). The van der Waals surface area contributed by atoms with Gasteiger partial charge in [0.1, 0.15) is 0 Å². The molecule has 1 unspecified atom stereocenters. The smallest absolute Gasteiger partial charge is 0.208 e. The molecule has 136 valence electrons. The van der Waals surface area contributed by atoms with E-state index in [1.54, 1.807) is 12.1 Å². The van der Waals surface area contributed by atoms with Crippen molar-refractivity contribution in [1.82, 2.24) is 15.0 Å². The van der Waals surface area contributed by atoms with Crippen molar-refractivity contribution >= 4 is 22.7 Å². The van der Waals surface area contributed by atoms with Crippen molar-refractivity contribution < 1.29 is 10.3 Å². The molecule has 1 atom stereocenters. The van der Waals surface area contributed by atoms with Crippen molar-refractivity contribution in [3.8, 4) is 0 Å². The molecule has 26 heavy (non-hydrogen) atoms. The minimum atomic E-state index is -1.09. The monoisotopic (exact) mass is 352 g/mol. The second-order valence-corrected chi connectivity index (χ2v) is 6.86. The van der Waals surface area contributed by atoms with Crippen molar-refractivity contribution in [3.05, 3.63) is 54.1 Å². The number of benzene rings is 2. The van der Waals surface area contributed by atoms with Gasteiger partial charge in [-0.2, -0.15) is 5.48 Å². The number of aromatic nitrogens is 2. The Labute approximate surface area is 152 Å². The molecule has 1 aromatic heterocycles. The molecule has 1 saturated carbocycles. The van der Waals surface area contributed by atoms with Crippen LogP contribution in [0.15, 0.2) is 48.5 Å². The molecular weight excluding hydrogens is 328 g/mol. The van der Waals surface area contributed by atoms with E-state index < -0.39 is 6.23 Å². The van der Waals surface area contributed by atoms with Crippen LogP contribution in [0.3, 0.4) is 0 Å². The van der Waals surface area contributed by atoms with Crippen molar-refractivity contribution in [2.45, 2.75) is 44.4 Å². The number of imidazole rings is 1. The van der Waals surface area contributed by atoms with Crippen LogP contribution in [0.2, 0.25) is 0 Å². The van der Waals surface area contributed by atoms with E-state index in [0.717, 1.165) is 17.2 Å². The Kier molecular flexibility index (Phi) is 4.88. The van der Waals surface area contributed by atoms with E-state index in [1.807, 2.05) is 29.7 Å². The summed E-state index contributed by atoms with van der Waals surface area (Å²) in [5, 5.41) is 21.9. The first kappa shape index (κ1) is 17.0. The summed E-state index contributed by atoms with van der Waals surface area (Å²) in [5.41, 5.74) is 5.49. The number of hydrogen-bond donors (Lipinski definition) is 4. The maximum Gasteiger partial charge on any atom is 0.208 e. The molecule has 0 spiro atoms. The van der Waals surface area contributed by atoms with E-state index in [9.17, 15) is 5.11 Å². The average Bonchev–Trinajstić information content (AvgIpc) is 3.06. The Hall–Kier alpha value is -2.41. The highest BCUT2D eigenvalue weighted by Crippen LogP contribution is 2.35. The molecular formula is C20H24N4O2. The Balaban J connectivity index is 1.67. The van der Waals surface area contributed by atoms with Gasteiger partial charge in [-0.3, -0.25) is 0 Å². The topological polar surface area (TPSA) is 82.3 Å². The molecule has 6 heteroatoms. The zero-order chi connectivity index (χ0) is 17.9. The molecule has 3 aromatic rings. The van der Waals surface area contributed by atoms with Crippen LogP contribution in [-0.4, -0.2) is 19.9 Å². The van der Waals surface area contributed by atoms with Gasteiger partial charge in [-0.25, -0.2) is 4.98 Å². The molecule has 0 amide bonds. The van der Waals surface area contributed by atoms with Crippen LogP contribution in [0.25, 0.3) is 11.0 Å². The zero-order valence-electron chi connectivity index (χ0n) is 14.6. The predicted molar refractivity (Wildman–Crippen MR) is 101 cm³/mol. The summed E-state index contributed by atoms with van der Waals surface area (Å²) < 4.78 is 2.34. The zero-order valence-corrected chi connectivity index (χ0v) is 14.6. The molecule has 0 aliphatic heterocycles. The lowest BCUT2D eigenvalue weighted by Crippen LogP contribution is -2.16. The third kappa shape index (κ3) is 3.31. The van der Waals surface area contributed by atoms with Crippen LogP contribution < -0.4 is 10.8 Å². The summed E-state index contributed by atoms with van der Waals surface area (Å²) in [6.07, 6.45) is 5.12. The van der Waals surface area contributed by atoms with Gasteiger partial charge in [-0.15, -0.1) is 0 Å². The molecule has 0 bridgehead atoms. The summed E-state index contributed by atoms with van der Waals surface area (Å²) in [4.78, 5) is 4.81. The maximum absolute atomic E-state index is 9.62. The first-order chi connectivity index (χ1) is 12.8. The molecule has 4 N–H and O–H groups in total. The maximum atomic E-state index is 9.62. The SMILES string of the molecule is ONC(O)c1ccc(Nc2nc3ccccc3n2C2CCCCC2)cc1. The van der Waals surface area contributed by atoms with Gasteiger partial charge in [0.25, 0.3) is 0 Å². The van der Waals surface area contributed by atoms with Crippen molar-refractivity contribution in [1.29, 1.82) is 0 Å². The van der Waals surface area contributed by atoms with Gasteiger partial charge in [-0.05, 0) is 42.7 Å². The summed E-state index contributed by atoms with van der Waals surface area (Å²) in [6.45, 7) is 0. The average molecular weight is 352 g/mol. The Bertz CT molecular complexity index is 869. The molecule has 1 fully saturated rings. The van der Waals surface area contributed by atoms with Gasteiger partial charge in [0, 0.05) is 11.7 Å². The number of rotatable bonds is 5. The Morgan fingerprint density at radius 2 is 1.73 bits per heavy atom. The highest BCUT2D eigenvalue weighted by Gasteiger charge is 2.21. The molecule has 0 saturated heterocycles. The summed E-state index contributed by atoms with van der Waals surface area (Å²) in [5.74, 6) is 0.853. The number of aliphatic hydroxyl groups excluding tert-OH is 1. The van der Waals surface area contributed by atoms with E-state index in [0.29, 0.717) is 11.6 Å². The Morgan fingerprint density at radius 1 is 1.00 bits per heavy atom. The fraction of sp³-hybridized carbons (Fsp3) is 0.350. The quantitative estimate of drug-likeness (QED) is 0.407. The van der Waals surface area contributed by atoms with Crippen LogP contribution in [-0.2, 0) is 0 Å². The summed E-state index contributed by atoms with van der Waals surface area (Å²) in [7, 11) is 0. The molecule has 0 radical (unpaired) electrons. The normalized spacial score (nSPS) is 16.7. The lowest BCUT2D eigenvalue weighted by Gasteiger charge is -2.25. The highest BCUT2D eigenvalue weighted by molar-refractivity contribution is 5.80. The molecule has 2 aromatic carbocycles. The Morgan fingerprint density at radius 3 is 2.46 bits per heavy atom. The number of anilines is 2. The number of hydrogen-bond acceptors (Lipinski definition) is 5. The third-order valence-corrected chi connectivity index (χ3v) is 5.14. The van der Waals surface area contributed by atoms with E-state index in [4.69, 9.17) is 10.2 Å². The van der Waals surface area contributed by atoms with Gasteiger partial charge < -0.3 is 20.2 Å². The van der Waals surface area contributed by atoms with Gasteiger partial charge >= 0.3 is 0 Å². The first-order valence-electron chi connectivity index (χ1n) is 9.18. The number of aliphatic hydroxyl groups is 1. The van der Waals surface area contributed by atoms with Crippen molar-refractivity contribution in [3.63, 3.8) is 0 Å². The van der Waals surface area contributed by atoms with Crippen LogP contribution in [0, 0.1) is 0 Å². The number of nitrogens with one attached hydrogen (secondary N) is 2. The highest BCUT2D eigenvalue weighted by atomic mass is 16.5. The van der Waals surface area contributed by atoms with E-state index >= 15 is 0 Å². The fourth-order valence-corrected chi connectivity index (χ4v) is 3.79. The second-order valence-electron chi connectivity index (χ2n) is 6.86. The molecule has 4 rings (SSSR count). The van der Waals surface area contributed by atoms with Crippen LogP contribution >= 0.6 is 0 Å². The van der Waals surface area contributed by atoms with Crippen LogP contribution in [0.5, 0.6) is 0 Å². The van der Waals surface area contributed by atoms with E-state index in [-0.39, 0.29) is 0 Å². The minimum absolute atomic E-state index is 0.471. The third-order valence-electron chi connectivity index (χ3n) is 5.14. The lowest BCUT2D eigenvalue weighted by molar-refractivity contribution is 0.000710. The number of fused-ring (bicyclic) bond motifs is 1. The second kappa shape index (κ2) is 7.45. The largest absolute Gasteiger partial charge is 0.372 e. The lowest BCUT2D eigenvalue weighted by atomic mass is 9.95. The molecule has 1 aliphatic carbocycles. The molecule has 6 nitrogen and oxygen atoms in total. The van der Waals surface area contributed by atoms with Crippen LogP contribution in [0.1, 0.15) is 49.9 Å². The van der Waals surface area contributed by atoms with Crippen molar-refractivity contribution in [2.75, 3.05) is 5.32 Å². The van der Waals surface area contributed by atoms with Gasteiger partial charge in [0.2, 0.25) is 5.95 Å². The van der Waals surface area contributed by atoms with Gasteiger partial charge in [0.05, 0.1) is 11.0 Å². The van der Waals surface area contributed by atoms with E-state index in [1.165, 1.54) is 37.6 Å². The van der Waals surface area contributed by atoms with Gasteiger partial charge in [-0.1, -0.05) is 43.5 Å². The number of nitrogens with zero attached hydrogens (tertiary/aromatic N) is 2. The number of hydroxylamine groups is 1. The summed E-state index contributed by atoms with van der Waals surface area (Å²) in [6, 6.07) is 16.0. The summed E-state index contributed by atoms with van der Waals surface area (Å²) >= 11 is 0. The predicted octanol–water partition coefficient (Wildman–Crippen LogP) is 4.25. The first-order valence-corrected chi connectivity index (χ1v) is 9.18. The number of para-hydroxylation sites is 2. The van der Waals surface area contributed by atoms with Crippen LogP contribution in [0.4, 0.5) is 11.6 Å². The minimum Gasteiger partial charge on any atom is -0.372 e. The van der Waals surface area contributed by atoms with Gasteiger partial charge in [0.15, 0.2) is 6.23 Å².